The Morgan fingerprint density at radius 2 is 1.58 bits per heavy atom. The number of benzene rings is 1. The molecule has 1 saturated heterocycles. The van der Waals surface area contributed by atoms with Gasteiger partial charge in [-0.15, -0.1) is 12.4 Å². The molecule has 108 valence electrons. The van der Waals surface area contributed by atoms with E-state index in [0.717, 1.165) is 31.1 Å². The lowest BCUT2D eigenvalue weighted by atomic mass is 10.4. The van der Waals surface area contributed by atoms with E-state index in [1.54, 1.807) is 0 Å². The molecule has 1 fully saturated rings. The van der Waals surface area contributed by atoms with Crippen molar-refractivity contribution in [3.05, 3.63) is 36.4 Å². The molecule has 1 amide bonds. The Kier molecular flexibility index (Phi) is 11.9. The molecule has 19 heavy (non-hydrogen) atoms. The summed E-state index contributed by atoms with van der Waals surface area (Å²) >= 11 is 1.93. The molecule has 1 aromatic rings. The summed E-state index contributed by atoms with van der Waals surface area (Å²) in [5, 5.41) is 3.05. The van der Waals surface area contributed by atoms with Gasteiger partial charge in [0.05, 0.1) is 6.54 Å². The van der Waals surface area contributed by atoms with Crippen LogP contribution in [0.25, 0.3) is 0 Å². The van der Waals surface area contributed by atoms with Crippen molar-refractivity contribution in [3.8, 4) is 0 Å². The Bertz CT molecular complexity index is 292. The molecule has 0 aromatic heterocycles. The van der Waals surface area contributed by atoms with Crippen LogP contribution < -0.4 is 5.32 Å². The fourth-order valence-corrected chi connectivity index (χ4v) is 2.44. The monoisotopic (exact) mass is 302 g/mol. The van der Waals surface area contributed by atoms with Crippen molar-refractivity contribution in [3.63, 3.8) is 0 Å². The van der Waals surface area contributed by atoms with Gasteiger partial charge in [0.15, 0.2) is 0 Å². The first-order valence-corrected chi connectivity index (χ1v) is 7.56. The molecule has 0 spiro atoms. The maximum absolute atomic E-state index is 11.4. The van der Waals surface area contributed by atoms with Gasteiger partial charge in [0, 0.05) is 24.6 Å². The summed E-state index contributed by atoms with van der Waals surface area (Å²) in [6.45, 7) is 5.23. The minimum atomic E-state index is 0. The second kappa shape index (κ2) is 12.3. The van der Waals surface area contributed by atoms with Crippen LogP contribution >= 0.6 is 24.2 Å². The Labute approximate surface area is 126 Å². The van der Waals surface area contributed by atoms with Gasteiger partial charge in [-0.05, 0) is 6.54 Å². The summed E-state index contributed by atoms with van der Waals surface area (Å²) in [4.78, 5) is 13.4. The van der Waals surface area contributed by atoms with E-state index in [-0.39, 0.29) is 18.3 Å². The maximum Gasteiger partial charge on any atom is 0.236 e. The number of likely N-dealkylation sites (N-methyl/N-ethyl adjacent to an activating group) is 1. The number of hydrogen-bond donors (Lipinski definition) is 1. The Balaban J connectivity index is 0.000000392. The molecular formula is C14H23ClN2OS. The molecule has 0 bridgehead atoms. The SMILES string of the molecule is CCNCC(=O)N1CCSCC1.Cl.c1ccccc1. The van der Waals surface area contributed by atoms with E-state index >= 15 is 0 Å². The van der Waals surface area contributed by atoms with Crippen LogP contribution in [0.5, 0.6) is 0 Å². The minimum Gasteiger partial charge on any atom is -0.340 e. The number of carbonyl (C=O) groups is 1. The van der Waals surface area contributed by atoms with Crippen molar-refractivity contribution < 1.29 is 4.79 Å². The molecule has 0 atom stereocenters. The van der Waals surface area contributed by atoms with Crippen molar-refractivity contribution in [2.75, 3.05) is 37.7 Å². The number of nitrogens with zero attached hydrogens (tertiary/aromatic N) is 1. The van der Waals surface area contributed by atoms with Gasteiger partial charge >= 0.3 is 0 Å². The lowest BCUT2D eigenvalue weighted by molar-refractivity contribution is -0.129. The molecule has 1 aliphatic heterocycles. The predicted octanol–water partition coefficient (Wildman–Crippen LogP) is 2.28. The molecule has 0 unspecified atom stereocenters. The summed E-state index contributed by atoms with van der Waals surface area (Å²) in [5.41, 5.74) is 0. The molecule has 1 aliphatic rings. The van der Waals surface area contributed by atoms with Crippen LogP contribution in [0.2, 0.25) is 0 Å². The quantitative estimate of drug-likeness (QED) is 0.930. The number of nitrogens with one attached hydrogen (secondary N) is 1. The van der Waals surface area contributed by atoms with Crippen LogP contribution in [-0.4, -0.2) is 48.5 Å². The fourth-order valence-electron chi connectivity index (χ4n) is 1.54. The number of carbonyl (C=O) groups excluding carboxylic acids is 1. The molecule has 1 N–H and O–H groups in total. The van der Waals surface area contributed by atoms with E-state index < -0.39 is 0 Å². The zero-order chi connectivity index (χ0) is 13.1. The van der Waals surface area contributed by atoms with Crippen molar-refractivity contribution in [2.24, 2.45) is 0 Å². The van der Waals surface area contributed by atoms with Crippen LogP contribution in [-0.2, 0) is 4.79 Å². The van der Waals surface area contributed by atoms with Gasteiger partial charge in [-0.1, -0.05) is 43.3 Å². The van der Waals surface area contributed by atoms with E-state index in [4.69, 9.17) is 0 Å². The van der Waals surface area contributed by atoms with Gasteiger partial charge in [-0.3, -0.25) is 4.79 Å². The van der Waals surface area contributed by atoms with Gasteiger partial charge in [0.2, 0.25) is 5.91 Å². The van der Waals surface area contributed by atoms with Crippen LogP contribution in [0.4, 0.5) is 0 Å². The number of hydrogen-bond acceptors (Lipinski definition) is 3. The van der Waals surface area contributed by atoms with Crippen molar-refractivity contribution >= 4 is 30.1 Å². The van der Waals surface area contributed by atoms with Crippen LogP contribution in [0.15, 0.2) is 36.4 Å². The van der Waals surface area contributed by atoms with Crippen LogP contribution in [0.3, 0.4) is 0 Å². The van der Waals surface area contributed by atoms with Crippen molar-refractivity contribution in [2.45, 2.75) is 6.92 Å². The zero-order valence-corrected chi connectivity index (χ0v) is 13.0. The lowest BCUT2D eigenvalue weighted by Gasteiger charge is -2.26. The smallest absolute Gasteiger partial charge is 0.236 e. The number of rotatable bonds is 3. The van der Waals surface area contributed by atoms with Crippen LogP contribution in [0.1, 0.15) is 6.92 Å². The standard InChI is InChI=1S/C8H16N2OS.C6H6.ClH/c1-2-9-7-8(11)10-3-5-12-6-4-10;1-2-4-6-5-3-1;/h9H,2-7H2,1H3;1-6H;1H. The molecule has 0 saturated carbocycles. The van der Waals surface area contributed by atoms with Gasteiger partial charge in [0.25, 0.3) is 0 Å². The molecular weight excluding hydrogens is 280 g/mol. The molecule has 5 heteroatoms. The first kappa shape index (κ1) is 18.3. The summed E-state index contributed by atoms with van der Waals surface area (Å²) in [6.07, 6.45) is 0. The third-order valence-corrected chi connectivity index (χ3v) is 3.50. The predicted molar refractivity (Wildman–Crippen MR) is 86.1 cm³/mol. The topological polar surface area (TPSA) is 32.3 Å². The summed E-state index contributed by atoms with van der Waals surface area (Å²) in [6, 6.07) is 12.0. The molecule has 1 heterocycles. The van der Waals surface area contributed by atoms with E-state index in [9.17, 15) is 4.79 Å². The normalized spacial score (nSPS) is 13.8. The van der Waals surface area contributed by atoms with E-state index in [1.807, 2.05) is 60.0 Å². The van der Waals surface area contributed by atoms with E-state index in [0.29, 0.717) is 6.54 Å². The third-order valence-electron chi connectivity index (χ3n) is 2.56. The Morgan fingerprint density at radius 1 is 1.11 bits per heavy atom. The first-order chi connectivity index (χ1) is 8.84. The summed E-state index contributed by atoms with van der Waals surface area (Å²) < 4.78 is 0. The second-order valence-electron chi connectivity index (χ2n) is 3.93. The maximum atomic E-state index is 11.4. The average Bonchev–Trinajstić information content (AvgIpc) is 2.48. The number of halogens is 1. The first-order valence-electron chi connectivity index (χ1n) is 6.41. The van der Waals surface area contributed by atoms with Gasteiger partial charge in [-0.25, -0.2) is 0 Å². The van der Waals surface area contributed by atoms with E-state index in [1.165, 1.54) is 0 Å². The highest BCUT2D eigenvalue weighted by Crippen LogP contribution is 2.08. The highest BCUT2D eigenvalue weighted by molar-refractivity contribution is 7.99. The average molecular weight is 303 g/mol. The summed E-state index contributed by atoms with van der Waals surface area (Å²) in [5.74, 6) is 2.44. The fraction of sp³-hybridized carbons (Fsp3) is 0.500. The molecule has 0 radical (unpaired) electrons. The highest BCUT2D eigenvalue weighted by atomic mass is 35.5. The summed E-state index contributed by atoms with van der Waals surface area (Å²) in [7, 11) is 0. The lowest BCUT2D eigenvalue weighted by Crippen LogP contribution is -2.42. The van der Waals surface area contributed by atoms with Gasteiger partial charge in [0.1, 0.15) is 0 Å². The second-order valence-corrected chi connectivity index (χ2v) is 5.15. The Hall–Kier alpha value is -0.710. The van der Waals surface area contributed by atoms with Crippen molar-refractivity contribution in [1.29, 1.82) is 0 Å². The van der Waals surface area contributed by atoms with Gasteiger partial charge < -0.3 is 10.2 Å². The minimum absolute atomic E-state index is 0. The zero-order valence-electron chi connectivity index (χ0n) is 11.4. The highest BCUT2D eigenvalue weighted by Gasteiger charge is 2.15. The third kappa shape index (κ3) is 8.92. The molecule has 3 nitrogen and oxygen atoms in total. The Morgan fingerprint density at radius 3 is 2.00 bits per heavy atom. The van der Waals surface area contributed by atoms with Crippen LogP contribution in [0, 0.1) is 0 Å². The molecule has 1 aromatic carbocycles. The number of thioether (sulfide) groups is 1. The van der Waals surface area contributed by atoms with Crippen molar-refractivity contribution in [1.82, 2.24) is 10.2 Å². The van der Waals surface area contributed by atoms with Gasteiger partial charge in [-0.2, -0.15) is 11.8 Å². The largest absolute Gasteiger partial charge is 0.340 e. The van der Waals surface area contributed by atoms with E-state index in [2.05, 4.69) is 5.32 Å². The molecule has 2 rings (SSSR count). The molecule has 0 aliphatic carbocycles. The number of amides is 1.